The summed E-state index contributed by atoms with van der Waals surface area (Å²) in [6.07, 6.45) is 6.02. The van der Waals surface area contributed by atoms with Gasteiger partial charge in [0.15, 0.2) is 0 Å². The molecule has 0 bridgehead atoms. The Morgan fingerprint density at radius 3 is 2.52 bits per heavy atom. The Morgan fingerprint density at radius 2 is 1.73 bits per heavy atom. The molecule has 0 spiro atoms. The highest BCUT2D eigenvalue weighted by Crippen LogP contribution is 2.48. The van der Waals surface area contributed by atoms with Crippen LogP contribution in [0.2, 0.25) is 0 Å². The Morgan fingerprint density at radius 1 is 0.939 bits per heavy atom. The molecule has 0 atom stereocenters. The molecule has 166 valence electrons. The molecule has 0 amide bonds. The summed E-state index contributed by atoms with van der Waals surface area (Å²) in [6, 6.07) is 13.2. The summed E-state index contributed by atoms with van der Waals surface area (Å²) in [7, 11) is 2.02. The number of pyridine rings is 1. The van der Waals surface area contributed by atoms with Crippen molar-refractivity contribution in [1.82, 2.24) is 9.97 Å². The van der Waals surface area contributed by atoms with E-state index >= 15 is 0 Å². The summed E-state index contributed by atoms with van der Waals surface area (Å²) in [5, 5.41) is 3.36. The molecule has 3 aromatic heterocycles. The molecule has 0 unspecified atom stereocenters. The SMILES string of the molecule is Cc1ccc2c(oc3nc4c5c(ccc4cc32)C(C)(C)CCC5(C)C)c1-c1ccnc[n+]1C. The van der Waals surface area contributed by atoms with E-state index in [2.05, 4.69) is 69.9 Å². The van der Waals surface area contributed by atoms with Crippen molar-refractivity contribution in [1.29, 1.82) is 0 Å². The molecule has 4 nitrogen and oxygen atoms in total. The molecule has 0 saturated carbocycles. The van der Waals surface area contributed by atoms with E-state index in [-0.39, 0.29) is 10.8 Å². The van der Waals surface area contributed by atoms with Crippen molar-refractivity contribution in [2.24, 2.45) is 7.05 Å². The molecular formula is C29H30N3O+. The zero-order valence-electron chi connectivity index (χ0n) is 20.3. The molecule has 3 heterocycles. The van der Waals surface area contributed by atoms with Gasteiger partial charge in [-0.3, -0.25) is 0 Å². The lowest BCUT2D eigenvalue weighted by Crippen LogP contribution is -2.34. The molecular weight excluding hydrogens is 406 g/mol. The number of nitrogens with zero attached hydrogens (tertiary/aromatic N) is 3. The summed E-state index contributed by atoms with van der Waals surface area (Å²) in [5.41, 5.74) is 9.10. The van der Waals surface area contributed by atoms with Crippen molar-refractivity contribution in [2.45, 2.75) is 58.3 Å². The normalized spacial score (nSPS) is 17.0. The van der Waals surface area contributed by atoms with E-state index in [1.807, 2.05) is 30.2 Å². The van der Waals surface area contributed by atoms with Gasteiger partial charge in [0.1, 0.15) is 17.5 Å². The number of aromatic nitrogens is 3. The lowest BCUT2D eigenvalue weighted by atomic mass is 9.62. The average molecular weight is 437 g/mol. The van der Waals surface area contributed by atoms with E-state index < -0.39 is 0 Å². The van der Waals surface area contributed by atoms with Crippen molar-refractivity contribution < 1.29 is 8.98 Å². The zero-order valence-corrected chi connectivity index (χ0v) is 20.3. The first-order valence-corrected chi connectivity index (χ1v) is 11.8. The van der Waals surface area contributed by atoms with Gasteiger partial charge in [0.25, 0.3) is 6.33 Å². The smallest absolute Gasteiger partial charge is 0.286 e. The first kappa shape index (κ1) is 20.3. The van der Waals surface area contributed by atoms with Crippen LogP contribution in [0.4, 0.5) is 0 Å². The van der Waals surface area contributed by atoms with Crippen LogP contribution in [0.15, 0.2) is 53.3 Å². The van der Waals surface area contributed by atoms with Crippen LogP contribution in [0, 0.1) is 6.92 Å². The van der Waals surface area contributed by atoms with Crippen molar-refractivity contribution in [2.75, 3.05) is 0 Å². The number of hydrogen-bond acceptors (Lipinski definition) is 3. The van der Waals surface area contributed by atoms with Crippen molar-refractivity contribution in [3.63, 3.8) is 0 Å². The Hall–Kier alpha value is -3.27. The van der Waals surface area contributed by atoms with E-state index in [4.69, 9.17) is 9.40 Å². The van der Waals surface area contributed by atoms with Crippen LogP contribution < -0.4 is 4.57 Å². The van der Waals surface area contributed by atoms with E-state index in [0.29, 0.717) is 5.71 Å². The number of rotatable bonds is 1. The molecule has 6 rings (SSSR count). The Balaban J connectivity index is 1.72. The Kier molecular flexibility index (Phi) is 4.09. The highest BCUT2D eigenvalue weighted by molar-refractivity contribution is 6.11. The van der Waals surface area contributed by atoms with Gasteiger partial charge >= 0.3 is 0 Å². The maximum absolute atomic E-state index is 6.55. The summed E-state index contributed by atoms with van der Waals surface area (Å²) in [5.74, 6) is 0. The summed E-state index contributed by atoms with van der Waals surface area (Å²) >= 11 is 0. The lowest BCUT2D eigenvalue weighted by molar-refractivity contribution is -0.663. The molecule has 0 radical (unpaired) electrons. The third-order valence-electron chi connectivity index (χ3n) is 7.78. The molecule has 4 heteroatoms. The second kappa shape index (κ2) is 6.63. The zero-order chi connectivity index (χ0) is 23.1. The minimum atomic E-state index is 0.0869. The van der Waals surface area contributed by atoms with Crippen molar-refractivity contribution in [3.05, 3.63) is 65.6 Å². The van der Waals surface area contributed by atoms with Crippen LogP contribution in [0.5, 0.6) is 0 Å². The maximum Gasteiger partial charge on any atom is 0.286 e. The van der Waals surface area contributed by atoms with Crippen LogP contribution in [-0.2, 0) is 17.9 Å². The summed E-state index contributed by atoms with van der Waals surface area (Å²) in [4.78, 5) is 9.44. The van der Waals surface area contributed by atoms with Crippen molar-refractivity contribution >= 4 is 33.0 Å². The molecule has 0 fully saturated rings. The van der Waals surface area contributed by atoms with E-state index in [1.165, 1.54) is 28.5 Å². The number of fused-ring (bicyclic) bond motifs is 6. The second-order valence-electron chi connectivity index (χ2n) is 11.0. The highest BCUT2D eigenvalue weighted by atomic mass is 16.3. The van der Waals surface area contributed by atoms with Crippen LogP contribution in [0.1, 0.15) is 57.2 Å². The van der Waals surface area contributed by atoms with Gasteiger partial charge in [-0.05, 0) is 53.4 Å². The third-order valence-corrected chi connectivity index (χ3v) is 7.78. The molecule has 0 N–H and O–H groups in total. The fourth-order valence-corrected chi connectivity index (χ4v) is 5.73. The Labute approximate surface area is 194 Å². The lowest BCUT2D eigenvalue weighted by Gasteiger charge is -2.42. The van der Waals surface area contributed by atoms with Crippen molar-refractivity contribution in [3.8, 4) is 11.3 Å². The van der Waals surface area contributed by atoms with Gasteiger partial charge in [0.2, 0.25) is 5.71 Å². The topological polar surface area (TPSA) is 42.8 Å². The maximum atomic E-state index is 6.55. The number of furan rings is 1. The molecule has 5 aromatic rings. The monoisotopic (exact) mass is 436 g/mol. The predicted octanol–water partition coefficient (Wildman–Crippen LogP) is 6.68. The largest absolute Gasteiger partial charge is 0.437 e. The molecule has 1 aliphatic carbocycles. The summed E-state index contributed by atoms with van der Waals surface area (Å²) in [6.45, 7) is 11.6. The average Bonchev–Trinajstić information content (AvgIpc) is 3.13. The third kappa shape index (κ3) is 2.86. The van der Waals surface area contributed by atoms with Crippen LogP contribution in [0.3, 0.4) is 0 Å². The van der Waals surface area contributed by atoms with Crippen LogP contribution in [0.25, 0.3) is 44.2 Å². The number of hydrogen-bond donors (Lipinski definition) is 0. The fraction of sp³-hybridized carbons (Fsp3) is 0.345. The number of aryl methyl sites for hydroxylation is 2. The van der Waals surface area contributed by atoms with Crippen LogP contribution in [-0.4, -0.2) is 9.97 Å². The first-order chi connectivity index (χ1) is 15.7. The second-order valence-corrected chi connectivity index (χ2v) is 11.0. The van der Waals surface area contributed by atoms with Gasteiger partial charge in [-0.2, -0.15) is 0 Å². The van der Waals surface area contributed by atoms with Gasteiger partial charge in [0, 0.05) is 22.2 Å². The molecule has 0 aliphatic heterocycles. The fourth-order valence-electron chi connectivity index (χ4n) is 5.73. The van der Waals surface area contributed by atoms with Crippen LogP contribution >= 0.6 is 0 Å². The molecule has 2 aromatic carbocycles. The molecule has 0 saturated heterocycles. The van der Waals surface area contributed by atoms with Gasteiger partial charge in [-0.15, -0.1) is 0 Å². The standard InChI is InChI=1S/C29H30N3O/c1-17-7-9-19-20-15-18-8-10-21-24(29(4,5)13-12-28(21,2)3)25(18)31-27(20)33-26(19)23(17)22-11-14-30-16-32(22)6/h7-11,14-16H,12-13H2,1-6H3/q+1. The minimum Gasteiger partial charge on any atom is -0.437 e. The van der Waals surface area contributed by atoms with Gasteiger partial charge in [0.05, 0.1) is 18.1 Å². The van der Waals surface area contributed by atoms with E-state index in [9.17, 15) is 0 Å². The molecule has 1 aliphatic rings. The van der Waals surface area contributed by atoms with E-state index in [0.717, 1.165) is 39.6 Å². The number of benzene rings is 2. The van der Waals surface area contributed by atoms with Gasteiger partial charge < -0.3 is 4.42 Å². The molecule has 33 heavy (non-hydrogen) atoms. The Bertz CT molecular complexity index is 1590. The minimum absolute atomic E-state index is 0.0869. The van der Waals surface area contributed by atoms with E-state index in [1.54, 1.807) is 0 Å². The highest BCUT2D eigenvalue weighted by Gasteiger charge is 2.38. The summed E-state index contributed by atoms with van der Waals surface area (Å²) < 4.78 is 8.59. The predicted molar refractivity (Wildman–Crippen MR) is 133 cm³/mol. The van der Waals surface area contributed by atoms with Gasteiger partial charge in [-0.25, -0.2) is 9.55 Å². The van der Waals surface area contributed by atoms with Gasteiger partial charge in [-0.1, -0.05) is 56.9 Å². The quantitative estimate of drug-likeness (QED) is 0.275. The first-order valence-electron chi connectivity index (χ1n) is 11.8.